The van der Waals surface area contributed by atoms with Crippen molar-refractivity contribution in [3.05, 3.63) is 88.4 Å². The van der Waals surface area contributed by atoms with Crippen LogP contribution in [0.1, 0.15) is 92.8 Å². The number of carbonyl (C=O) groups is 3. The summed E-state index contributed by atoms with van der Waals surface area (Å²) < 4.78 is 5.89. The number of carboxylic acid groups (broad SMARTS) is 1. The summed E-state index contributed by atoms with van der Waals surface area (Å²) in [6, 6.07) is 18.1. The Hall–Kier alpha value is -4.41. The highest BCUT2D eigenvalue weighted by molar-refractivity contribution is 7.14. The van der Waals surface area contributed by atoms with E-state index in [-0.39, 0.29) is 37.0 Å². The maximum atomic E-state index is 13.4. The number of aliphatic carboxylic acids is 1. The number of hydrogen-bond donors (Lipinski definition) is 3. The second-order valence-electron chi connectivity index (χ2n) is 13.7. The number of thiophene rings is 1. The predicted octanol–water partition coefficient (Wildman–Crippen LogP) is 7.87. The average Bonchev–Trinajstić information content (AvgIpc) is 3.62. The van der Waals surface area contributed by atoms with E-state index in [0.717, 1.165) is 45.9 Å². The Morgan fingerprint density at radius 3 is 2.14 bits per heavy atom. The third-order valence-electron chi connectivity index (χ3n) is 8.54. The van der Waals surface area contributed by atoms with Gasteiger partial charge in [-0.2, -0.15) is 0 Å². The fourth-order valence-electron chi connectivity index (χ4n) is 5.53. The molecule has 0 saturated carbocycles. The summed E-state index contributed by atoms with van der Waals surface area (Å²) in [7, 11) is 0. The van der Waals surface area contributed by atoms with Crippen LogP contribution >= 0.6 is 11.3 Å². The number of aromatic nitrogens is 2. The van der Waals surface area contributed by atoms with Gasteiger partial charge in [0.05, 0.1) is 11.5 Å². The third-order valence-corrected chi connectivity index (χ3v) is 10.1. The van der Waals surface area contributed by atoms with Crippen molar-refractivity contribution in [3.8, 4) is 28.3 Å². The Kier molecular flexibility index (Phi) is 14.2. The molecule has 0 bridgehead atoms. The maximum absolute atomic E-state index is 13.4. The molecule has 0 fully saturated rings. The van der Waals surface area contributed by atoms with Crippen LogP contribution in [-0.2, 0) is 21.4 Å². The van der Waals surface area contributed by atoms with E-state index in [1.807, 2.05) is 54.6 Å². The van der Waals surface area contributed by atoms with E-state index in [0.29, 0.717) is 10.7 Å². The van der Waals surface area contributed by atoms with Crippen LogP contribution in [0.15, 0.2) is 73.1 Å². The van der Waals surface area contributed by atoms with Crippen molar-refractivity contribution >= 4 is 29.0 Å². The van der Waals surface area contributed by atoms with Gasteiger partial charge in [0.2, 0.25) is 5.91 Å². The minimum atomic E-state index is -1.16. The van der Waals surface area contributed by atoms with E-state index in [4.69, 9.17) is 10.5 Å². The van der Waals surface area contributed by atoms with Gasteiger partial charge in [-0.3, -0.25) is 9.59 Å². The molecule has 10 heteroatoms. The normalized spacial score (nSPS) is 12.7. The minimum absolute atomic E-state index is 0.0522. The van der Waals surface area contributed by atoms with Crippen LogP contribution < -0.4 is 15.8 Å². The van der Waals surface area contributed by atoms with Crippen LogP contribution in [-0.4, -0.2) is 51.9 Å². The van der Waals surface area contributed by atoms with E-state index in [1.165, 1.54) is 37.0 Å². The van der Waals surface area contributed by atoms with E-state index in [2.05, 4.69) is 43.0 Å². The molecule has 9 nitrogen and oxygen atoms in total. The first-order chi connectivity index (χ1) is 24.0. The molecule has 2 aromatic heterocycles. The van der Waals surface area contributed by atoms with Gasteiger partial charge in [-0.25, -0.2) is 14.8 Å². The summed E-state index contributed by atoms with van der Waals surface area (Å²) in [5.74, 6) is -1.16. The predicted molar refractivity (Wildman–Crippen MR) is 200 cm³/mol. The van der Waals surface area contributed by atoms with Gasteiger partial charge in [-0.05, 0) is 66.6 Å². The van der Waals surface area contributed by atoms with Crippen molar-refractivity contribution in [2.45, 2.75) is 90.5 Å². The van der Waals surface area contributed by atoms with Crippen LogP contribution in [0.2, 0.25) is 0 Å². The Bertz CT molecular complexity index is 1680. The highest BCUT2D eigenvalue weighted by atomic mass is 32.1. The molecule has 0 aliphatic heterocycles. The Labute approximate surface area is 299 Å². The zero-order valence-electron chi connectivity index (χ0n) is 29.6. The highest BCUT2D eigenvalue weighted by Gasteiger charge is 2.28. The summed E-state index contributed by atoms with van der Waals surface area (Å²) in [4.78, 5) is 49.4. The number of benzene rings is 2. The third kappa shape index (κ3) is 11.3. The van der Waals surface area contributed by atoms with Gasteiger partial charge in [-0.15, -0.1) is 11.3 Å². The summed E-state index contributed by atoms with van der Waals surface area (Å²) in [6.45, 7) is 9.30. The summed E-state index contributed by atoms with van der Waals surface area (Å²) in [5, 5.41) is 12.2. The Morgan fingerprint density at radius 2 is 1.54 bits per heavy atom. The molecule has 2 aromatic carbocycles. The first kappa shape index (κ1) is 38.4. The van der Waals surface area contributed by atoms with Crippen LogP contribution in [0.4, 0.5) is 0 Å². The molecule has 0 spiro atoms. The summed E-state index contributed by atoms with van der Waals surface area (Å²) in [5.41, 5.74) is 9.01. The average molecular weight is 699 g/mol. The number of nitrogens with one attached hydrogen (secondary N) is 1. The van der Waals surface area contributed by atoms with Crippen molar-refractivity contribution in [1.82, 2.24) is 15.3 Å². The molecule has 0 aliphatic rings. The molecule has 2 atom stereocenters. The van der Waals surface area contributed by atoms with Crippen LogP contribution in [0.25, 0.3) is 22.5 Å². The number of nitrogens with zero attached hydrogens (tertiary/aromatic N) is 2. The molecule has 0 unspecified atom stereocenters. The molecule has 0 aliphatic carbocycles. The van der Waals surface area contributed by atoms with E-state index in [1.54, 1.807) is 18.5 Å². The number of ether oxygens (including phenoxy) is 1. The van der Waals surface area contributed by atoms with Gasteiger partial charge in [-0.1, -0.05) is 89.8 Å². The van der Waals surface area contributed by atoms with Crippen molar-refractivity contribution in [2.75, 3.05) is 13.2 Å². The van der Waals surface area contributed by atoms with Crippen molar-refractivity contribution in [3.63, 3.8) is 0 Å². The molecule has 50 heavy (non-hydrogen) atoms. The molecule has 2 heterocycles. The molecule has 4 rings (SSSR count). The largest absolute Gasteiger partial charge is 0.494 e. The lowest BCUT2D eigenvalue weighted by atomic mass is 9.92. The van der Waals surface area contributed by atoms with E-state index in [9.17, 15) is 19.5 Å². The number of amides is 1. The number of carbonyl (C=O) groups excluding carboxylic acids is 2. The van der Waals surface area contributed by atoms with Gasteiger partial charge >= 0.3 is 5.97 Å². The zero-order valence-corrected chi connectivity index (χ0v) is 30.4. The van der Waals surface area contributed by atoms with Crippen molar-refractivity contribution in [1.29, 1.82) is 0 Å². The Balaban J connectivity index is 1.42. The number of rotatable bonds is 19. The highest BCUT2D eigenvalue weighted by Crippen LogP contribution is 2.31. The molecule has 0 saturated heterocycles. The molecule has 1 amide bonds. The number of hydrogen-bond acceptors (Lipinski definition) is 8. The lowest BCUT2D eigenvalue weighted by Gasteiger charge is -2.20. The summed E-state index contributed by atoms with van der Waals surface area (Å²) >= 11 is 1.43. The fraction of sp³-hybridized carbons (Fsp3) is 0.425. The van der Waals surface area contributed by atoms with E-state index < -0.39 is 23.8 Å². The summed E-state index contributed by atoms with van der Waals surface area (Å²) in [6.07, 6.45) is 9.89. The minimum Gasteiger partial charge on any atom is -0.494 e. The SMILES string of the molecule is CCCCCCCOc1ccc(-c2cnc(-c3ccc(C[C@H](CC(=O)c4ccc(C(C)(C)C)s4)C(=O)N[C@H](CCN)C(=O)O)cc3)nc2)cc1. The smallest absolute Gasteiger partial charge is 0.326 e. The number of nitrogens with two attached hydrogens (primary N) is 1. The molecule has 0 radical (unpaired) electrons. The van der Waals surface area contributed by atoms with Gasteiger partial charge in [0.15, 0.2) is 11.6 Å². The lowest BCUT2D eigenvalue weighted by Crippen LogP contribution is -2.45. The first-order valence-corrected chi connectivity index (χ1v) is 18.3. The molecule has 266 valence electrons. The van der Waals surface area contributed by atoms with Crippen molar-refractivity contribution in [2.24, 2.45) is 11.7 Å². The van der Waals surface area contributed by atoms with Gasteiger partial charge in [0, 0.05) is 40.7 Å². The molecular formula is C40H50N4O5S. The standard InChI is InChI=1S/C40H50N4O5S/c1-5-6-7-8-9-22-49-32-16-14-28(15-17-32)31-25-42-37(43-26-31)29-12-10-27(11-13-29)23-30(38(46)44-33(20-21-41)39(47)48)24-34(45)35-18-19-36(50-35)40(2,3)4/h10-19,25-26,30,33H,5-9,20-24,41H2,1-4H3,(H,44,46)(H,47,48)/t30-,33-/m1/s1. The van der Waals surface area contributed by atoms with Gasteiger partial charge < -0.3 is 20.9 Å². The lowest BCUT2D eigenvalue weighted by molar-refractivity contribution is -0.142. The number of Topliss-reactive ketones (excluding diaryl/α,β-unsaturated/α-hetero) is 1. The molecular weight excluding hydrogens is 649 g/mol. The molecule has 4 N–H and O–H groups in total. The fourth-order valence-corrected chi connectivity index (χ4v) is 6.54. The second kappa shape index (κ2) is 18.5. The second-order valence-corrected chi connectivity index (χ2v) is 14.8. The van der Waals surface area contributed by atoms with Gasteiger partial charge in [0.1, 0.15) is 11.8 Å². The van der Waals surface area contributed by atoms with Gasteiger partial charge in [0.25, 0.3) is 0 Å². The first-order valence-electron chi connectivity index (χ1n) is 17.5. The number of ketones is 1. The number of unbranched alkanes of at least 4 members (excludes halogenated alkanes) is 4. The Morgan fingerprint density at radius 1 is 0.880 bits per heavy atom. The molecule has 4 aromatic rings. The van der Waals surface area contributed by atoms with Crippen LogP contribution in [0.3, 0.4) is 0 Å². The topological polar surface area (TPSA) is 144 Å². The zero-order chi connectivity index (χ0) is 36.1. The quantitative estimate of drug-likeness (QED) is 0.0663. The van der Waals surface area contributed by atoms with Crippen molar-refractivity contribution < 1.29 is 24.2 Å². The maximum Gasteiger partial charge on any atom is 0.326 e. The van der Waals surface area contributed by atoms with Crippen LogP contribution in [0, 0.1) is 5.92 Å². The number of carboxylic acids is 1. The van der Waals surface area contributed by atoms with Crippen LogP contribution in [0.5, 0.6) is 5.75 Å². The monoisotopic (exact) mass is 698 g/mol. The van der Waals surface area contributed by atoms with E-state index >= 15 is 0 Å².